The molecule has 0 saturated carbocycles. The summed E-state index contributed by atoms with van der Waals surface area (Å²) in [7, 11) is -3.79. The monoisotopic (exact) mass is 212 g/mol. The Balaban J connectivity index is 0. The minimum absolute atomic E-state index is 0.368. The van der Waals surface area contributed by atoms with E-state index in [1.165, 1.54) is 6.92 Å². The molecular weight excluding hydrogens is 200 g/mol. The predicted octanol–water partition coefficient (Wildman–Crippen LogP) is -0.488. The van der Waals surface area contributed by atoms with Crippen LogP contribution in [0, 0.1) is 0 Å². The molecule has 0 spiro atoms. The van der Waals surface area contributed by atoms with E-state index < -0.39 is 22.2 Å². The third-order valence-electron chi connectivity index (χ3n) is 0.686. The van der Waals surface area contributed by atoms with E-state index in [2.05, 4.69) is 6.58 Å². The lowest BCUT2D eigenvalue weighted by molar-refractivity contribution is -0.145. The van der Waals surface area contributed by atoms with Crippen LogP contribution < -0.4 is 0 Å². The van der Waals surface area contributed by atoms with Gasteiger partial charge in [0.1, 0.15) is 6.10 Å². The maximum atomic E-state index is 9.72. The number of carboxylic acids is 1. The van der Waals surface area contributed by atoms with E-state index in [9.17, 15) is 13.2 Å². The number of aliphatic hydroxyl groups excluding tert-OH is 1. The molecule has 0 bridgehead atoms. The zero-order valence-corrected chi connectivity index (χ0v) is 7.86. The van der Waals surface area contributed by atoms with Gasteiger partial charge in [-0.1, -0.05) is 6.08 Å². The van der Waals surface area contributed by atoms with Gasteiger partial charge in [-0.15, -0.1) is 6.58 Å². The van der Waals surface area contributed by atoms with E-state index in [0.717, 1.165) is 6.08 Å². The highest BCUT2D eigenvalue weighted by Gasteiger charge is 2.01. The van der Waals surface area contributed by atoms with Crippen molar-refractivity contribution < 1.29 is 28.0 Å². The maximum Gasteiger partial charge on any atom is 0.332 e. The molecule has 0 aliphatic heterocycles. The summed E-state index contributed by atoms with van der Waals surface area (Å²) in [5.41, 5.74) is 0. The van der Waals surface area contributed by atoms with E-state index in [-0.39, 0.29) is 5.75 Å². The first kappa shape index (κ1) is 14.6. The van der Waals surface area contributed by atoms with E-state index in [1.54, 1.807) is 0 Å². The molecule has 0 radical (unpaired) electrons. The van der Waals surface area contributed by atoms with Gasteiger partial charge >= 0.3 is 5.97 Å². The fourth-order valence-electron chi connectivity index (χ4n) is 0.149. The number of carboxylic acid groups (broad SMARTS) is 1. The molecule has 13 heavy (non-hydrogen) atoms. The highest BCUT2D eigenvalue weighted by molar-refractivity contribution is 7.85. The van der Waals surface area contributed by atoms with Gasteiger partial charge in [-0.25, -0.2) is 4.79 Å². The van der Waals surface area contributed by atoms with Crippen LogP contribution in [0.2, 0.25) is 0 Å². The third-order valence-corrected chi connectivity index (χ3v) is 1.34. The molecule has 0 fully saturated rings. The SMILES string of the molecule is C=CCS(=O)(=O)O.CC(O)C(=O)O. The van der Waals surface area contributed by atoms with Crippen molar-refractivity contribution in [2.24, 2.45) is 0 Å². The average Bonchev–Trinajstić information content (AvgIpc) is 1.85. The van der Waals surface area contributed by atoms with Crippen molar-refractivity contribution in [2.75, 3.05) is 5.75 Å². The first-order valence-corrected chi connectivity index (χ1v) is 4.78. The molecular formula is C6H12O6S. The molecule has 7 heteroatoms. The molecule has 0 aromatic rings. The van der Waals surface area contributed by atoms with Crippen LogP contribution in [0.25, 0.3) is 0 Å². The van der Waals surface area contributed by atoms with Crippen molar-refractivity contribution in [3.05, 3.63) is 12.7 Å². The van der Waals surface area contributed by atoms with Crippen LogP contribution in [-0.2, 0) is 14.9 Å². The normalized spacial score (nSPS) is 12.2. The summed E-state index contributed by atoms with van der Waals surface area (Å²) < 4.78 is 27.3. The Morgan fingerprint density at radius 2 is 1.92 bits per heavy atom. The lowest BCUT2D eigenvalue weighted by Gasteiger charge is -1.89. The predicted molar refractivity (Wildman–Crippen MR) is 45.9 cm³/mol. The van der Waals surface area contributed by atoms with Gasteiger partial charge in [-0.3, -0.25) is 4.55 Å². The molecule has 0 aromatic heterocycles. The van der Waals surface area contributed by atoms with Gasteiger partial charge in [0.15, 0.2) is 0 Å². The summed E-state index contributed by atoms with van der Waals surface area (Å²) in [5, 5.41) is 15.8. The van der Waals surface area contributed by atoms with Crippen molar-refractivity contribution in [2.45, 2.75) is 13.0 Å². The Hall–Kier alpha value is -0.920. The Kier molecular flexibility index (Phi) is 7.39. The van der Waals surface area contributed by atoms with Crippen LogP contribution in [-0.4, -0.2) is 41.0 Å². The fraction of sp³-hybridized carbons (Fsp3) is 0.500. The largest absolute Gasteiger partial charge is 0.479 e. The summed E-state index contributed by atoms with van der Waals surface area (Å²) in [6.07, 6.45) is -0.111. The molecule has 3 N–H and O–H groups in total. The molecule has 0 heterocycles. The van der Waals surface area contributed by atoms with Crippen LogP contribution in [0.1, 0.15) is 6.92 Å². The van der Waals surface area contributed by atoms with Crippen LogP contribution in [0.5, 0.6) is 0 Å². The van der Waals surface area contributed by atoms with Crippen molar-refractivity contribution in [1.82, 2.24) is 0 Å². The van der Waals surface area contributed by atoms with Gasteiger partial charge in [0.25, 0.3) is 10.1 Å². The molecule has 0 saturated heterocycles. The number of hydrogen-bond donors (Lipinski definition) is 3. The summed E-state index contributed by atoms with van der Waals surface area (Å²) >= 11 is 0. The van der Waals surface area contributed by atoms with Gasteiger partial charge in [-0.2, -0.15) is 8.42 Å². The van der Waals surface area contributed by atoms with Crippen molar-refractivity contribution in [3.63, 3.8) is 0 Å². The van der Waals surface area contributed by atoms with Crippen LogP contribution in [0.15, 0.2) is 12.7 Å². The highest BCUT2D eigenvalue weighted by atomic mass is 32.2. The van der Waals surface area contributed by atoms with Crippen LogP contribution in [0.3, 0.4) is 0 Å². The molecule has 0 amide bonds. The van der Waals surface area contributed by atoms with E-state index in [4.69, 9.17) is 14.8 Å². The summed E-state index contributed by atoms with van der Waals surface area (Å²) in [5.74, 6) is -1.55. The van der Waals surface area contributed by atoms with Crippen molar-refractivity contribution in [3.8, 4) is 0 Å². The number of carbonyl (C=O) groups is 1. The standard InChI is InChI=1S/C3H6O3S.C3H6O3/c1-2-3-7(4,5)6;1-2(4)3(5)6/h2H,1,3H2,(H,4,5,6);2,4H,1H3,(H,5,6). The lowest BCUT2D eigenvalue weighted by atomic mass is 10.4. The lowest BCUT2D eigenvalue weighted by Crippen LogP contribution is -2.13. The molecule has 0 aliphatic rings. The second-order valence-corrected chi connectivity index (χ2v) is 3.55. The first-order chi connectivity index (χ1) is 5.70. The zero-order chi connectivity index (χ0) is 11.1. The average molecular weight is 212 g/mol. The van der Waals surface area contributed by atoms with Crippen LogP contribution >= 0.6 is 0 Å². The van der Waals surface area contributed by atoms with Gasteiger partial charge in [-0.05, 0) is 6.92 Å². The maximum absolute atomic E-state index is 9.72. The molecule has 0 aliphatic carbocycles. The van der Waals surface area contributed by atoms with Gasteiger partial charge in [0.2, 0.25) is 0 Å². The minimum Gasteiger partial charge on any atom is -0.479 e. The van der Waals surface area contributed by atoms with Gasteiger partial charge in [0.05, 0.1) is 5.75 Å². The van der Waals surface area contributed by atoms with Crippen molar-refractivity contribution in [1.29, 1.82) is 0 Å². The Morgan fingerprint density at radius 3 is 1.92 bits per heavy atom. The van der Waals surface area contributed by atoms with Crippen LogP contribution in [0.4, 0.5) is 0 Å². The molecule has 1 atom stereocenters. The molecule has 6 nitrogen and oxygen atoms in total. The highest BCUT2D eigenvalue weighted by Crippen LogP contribution is 1.78. The Morgan fingerprint density at radius 1 is 1.62 bits per heavy atom. The summed E-state index contributed by atoms with van der Waals surface area (Å²) in [6.45, 7) is 4.30. The smallest absolute Gasteiger partial charge is 0.332 e. The number of hydrogen-bond acceptors (Lipinski definition) is 4. The topological polar surface area (TPSA) is 112 Å². The van der Waals surface area contributed by atoms with Gasteiger partial charge in [0, 0.05) is 0 Å². The first-order valence-electron chi connectivity index (χ1n) is 3.17. The van der Waals surface area contributed by atoms with E-state index in [0.29, 0.717) is 0 Å². The zero-order valence-electron chi connectivity index (χ0n) is 7.04. The number of rotatable bonds is 3. The second kappa shape index (κ2) is 6.58. The van der Waals surface area contributed by atoms with Crippen molar-refractivity contribution >= 4 is 16.1 Å². The molecule has 0 rings (SSSR count). The number of aliphatic hydroxyl groups is 1. The minimum atomic E-state index is -3.79. The molecule has 0 aromatic carbocycles. The third kappa shape index (κ3) is 18.2. The second-order valence-electron chi connectivity index (χ2n) is 2.05. The quantitative estimate of drug-likeness (QED) is 0.430. The molecule has 1 unspecified atom stereocenters. The summed E-state index contributed by atoms with van der Waals surface area (Å²) in [6, 6.07) is 0. The Bertz CT molecular complexity index is 252. The van der Waals surface area contributed by atoms with E-state index >= 15 is 0 Å². The number of aliphatic carboxylic acids is 1. The summed E-state index contributed by atoms with van der Waals surface area (Å²) in [4.78, 5) is 9.45. The van der Waals surface area contributed by atoms with E-state index in [1.807, 2.05) is 0 Å². The molecule has 78 valence electrons. The Labute approximate surface area is 76.3 Å². The fourth-order valence-corrected chi connectivity index (χ4v) is 0.447. The van der Waals surface area contributed by atoms with Gasteiger partial charge < -0.3 is 10.2 Å².